The van der Waals surface area contributed by atoms with E-state index in [1.165, 1.54) is 10.9 Å². The molecule has 8 heteroatoms. The van der Waals surface area contributed by atoms with Gasteiger partial charge in [-0.2, -0.15) is 0 Å². The summed E-state index contributed by atoms with van der Waals surface area (Å²) in [6.07, 6.45) is 1.23. The first-order valence-electron chi connectivity index (χ1n) is 6.07. The van der Waals surface area contributed by atoms with Crippen LogP contribution in [0.4, 0.5) is 0 Å². The second-order valence-electron chi connectivity index (χ2n) is 4.49. The van der Waals surface area contributed by atoms with E-state index in [1.807, 2.05) is 24.3 Å². The molecule has 0 unspecified atom stereocenters. The zero-order valence-corrected chi connectivity index (χ0v) is 12.8. The van der Waals surface area contributed by atoms with Crippen molar-refractivity contribution in [2.24, 2.45) is 0 Å². The Morgan fingerprint density at radius 1 is 1.43 bits per heavy atom. The monoisotopic (exact) mass is 352 g/mol. The third-order valence-corrected chi connectivity index (χ3v) is 3.28. The fourth-order valence-corrected chi connectivity index (χ4v) is 2.18. The maximum absolute atomic E-state index is 12.1. The molecule has 7 nitrogen and oxygen atoms in total. The molecule has 1 heterocycles. The van der Waals surface area contributed by atoms with E-state index in [-0.39, 0.29) is 18.1 Å². The number of aromatic nitrogens is 3. The Hall–Kier alpha value is -2.22. The second-order valence-corrected chi connectivity index (χ2v) is 5.40. The van der Waals surface area contributed by atoms with Crippen molar-refractivity contribution in [3.63, 3.8) is 0 Å². The van der Waals surface area contributed by atoms with Gasteiger partial charge in [0.2, 0.25) is 5.91 Å². The molecule has 2 rings (SSSR count). The van der Waals surface area contributed by atoms with Gasteiger partial charge in [-0.15, -0.1) is 5.10 Å². The van der Waals surface area contributed by atoms with Crippen LogP contribution in [-0.2, 0) is 17.9 Å². The van der Waals surface area contributed by atoms with Crippen LogP contribution in [0.3, 0.4) is 0 Å². The molecule has 0 bridgehead atoms. The maximum Gasteiger partial charge on any atom is 0.358 e. The molecule has 1 N–H and O–H groups in total. The molecule has 0 aliphatic carbocycles. The number of hydrogen-bond acceptors (Lipinski definition) is 4. The highest BCUT2D eigenvalue weighted by atomic mass is 79.9. The summed E-state index contributed by atoms with van der Waals surface area (Å²) in [6, 6.07) is 7.66. The molecule has 0 aliphatic heterocycles. The molecule has 1 aromatic heterocycles. The lowest BCUT2D eigenvalue weighted by Crippen LogP contribution is -2.30. The lowest BCUT2D eigenvalue weighted by Gasteiger charge is -2.17. The molecule has 110 valence electrons. The molecule has 21 heavy (non-hydrogen) atoms. The van der Waals surface area contributed by atoms with Crippen molar-refractivity contribution in [2.45, 2.75) is 13.1 Å². The first-order chi connectivity index (χ1) is 9.95. The van der Waals surface area contributed by atoms with Crippen LogP contribution in [0.5, 0.6) is 0 Å². The van der Waals surface area contributed by atoms with Crippen molar-refractivity contribution in [2.75, 3.05) is 7.05 Å². The van der Waals surface area contributed by atoms with E-state index < -0.39 is 5.97 Å². The molecule has 0 spiro atoms. The number of likely N-dealkylation sites (N-methyl/N-ethyl adjacent to an activating group) is 1. The van der Waals surface area contributed by atoms with Gasteiger partial charge >= 0.3 is 5.97 Å². The van der Waals surface area contributed by atoms with Crippen LogP contribution >= 0.6 is 15.9 Å². The van der Waals surface area contributed by atoms with Crippen molar-refractivity contribution in [1.29, 1.82) is 0 Å². The number of carbonyl (C=O) groups excluding carboxylic acids is 1. The molecule has 1 aromatic carbocycles. The van der Waals surface area contributed by atoms with Gasteiger partial charge in [0.1, 0.15) is 6.54 Å². The molecule has 0 aliphatic rings. The highest BCUT2D eigenvalue weighted by Crippen LogP contribution is 2.13. The smallest absolute Gasteiger partial charge is 0.358 e. The number of aromatic carboxylic acids is 1. The van der Waals surface area contributed by atoms with Crippen molar-refractivity contribution < 1.29 is 14.7 Å². The first-order valence-corrected chi connectivity index (χ1v) is 6.87. The Morgan fingerprint density at radius 2 is 2.19 bits per heavy atom. The lowest BCUT2D eigenvalue weighted by molar-refractivity contribution is -0.131. The number of carbonyl (C=O) groups is 2. The molecule has 0 radical (unpaired) electrons. The standard InChI is InChI=1S/C13H13BrN4O3/c1-17(6-9-3-2-4-10(14)5-9)12(19)8-18-7-11(13(20)21)15-16-18/h2-5,7H,6,8H2,1H3,(H,20,21). The van der Waals surface area contributed by atoms with Crippen molar-refractivity contribution in [1.82, 2.24) is 19.9 Å². The molecular formula is C13H13BrN4O3. The highest BCUT2D eigenvalue weighted by molar-refractivity contribution is 9.10. The van der Waals surface area contributed by atoms with E-state index >= 15 is 0 Å². The van der Waals surface area contributed by atoms with E-state index in [2.05, 4.69) is 26.2 Å². The number of amides is 1. The molecular weight excluding hydrogens is 340 g/mol. The second kappa shape index (κ2) is 6.49. The summed E-state index contributed by atoms with van der Waals surface area (Å²) >= 11 is 3.38. The Kier molecular flexibility index (Phi) is 4.69. The van der Waals surface area contributed by atoms with Crippen LogP contribution in [0.1, 0.15) is 16.1 Å². The normalized spacial score (nSPS) is 10.4. The summed E-state index contributed by atoms with van der Waals surface area (Å²) in [5.74, 6) is -1.35. The Bertz CT molecular complexity index is 671. The average molecular weight is 353 g/mol. The fraction of sp³-hybridized carbons (Fsp3) is 0.231. The van der Waals surface area contributed by atoms with Gasteiger partial charge in [0.25, 0.3) is 0 Å². The van der Waals surface area contributed by atoms with Gasteiger partial charge in [0.15, 0.2) is 5.69 Å². The number of halogens is 1. The molecule has 0 fully saturated rings. The van der Waals surface area contributed by atoms with Gasteiger partial charge in [0.05, 0.1) is 6.20 Å². The highest BCUT2D eigenvalue weighted by Gasteiger charge is 2.13. The Morgan fingerprint density at radius 3 is 2.81 bits per heavy atom. The summed E-state index contributed by atoms with van der Waals surface area (Å²) in [7, 11) is 1.68. The first kappa shape index (κ1) is 15.2. The summed E-state index contributed by atoms with van der Waals surface area (Å²) in [4.78, 5) is 24.3. The lowest BCUT2D eigenvalue weighted by atomic mass is 10.2. The topological polar surface area (TPSA) is 88.3 Å². The van der Waals surface area contributed by atoms with E-state index in [0.717, 1.165) is 10.0 Å². The minimum atomic E-state index is -1.17. The third kappa shape index (κ3) is 4.12. The van der Waals surface area contributed by atoms with Crippen molar-refractivity contribution in [3.05, 3.63) is 46.2 Å². The predicted molar refractivity (Wildman–Crippen MR) is 77.6 cm³/mol. The van der Waals surface area contributed by atoms with Gasteiger partial charge in [-0.3, -0.25) is 4.79 Å². The van der Waals surface area contributed by atoms with Gasteiger partial charge in [0, 0.05) is 18.1 Å². The maximum atomic E-state index is 12.1. The number of hydrogen-bond donors (Lipinski definition) is 1. The zero-order valence-electron chi connectivity index (χ0n) is 11.2. The molecule has 2 aromatic rings. The number of rotatable bonds is 5. The van der Waals surface area contributed by atoms with Crippen molar-refractivity contribution in [3.8, 4) is 0 Å². The molecule has 0 saturated carbocycles. The predicted octanol–water partition coefficient (Wildman–Crippen LogP) is 1.40. The summed E-state index contributed by atoms with van der Waals surface area (Å²) < 4.78 is 2.16. The largest absolute Gasteiger partial charge is 0.476 e. The number of benzene rings is 1. The van der Waals surface area contributed by atoms with Crippen LogP contribution in [0.15, 0.2) is 34.9 Å². The van der Waals surface area contributed by atoms with Gasteiger partial charge in [-0.05, 0) is 17.7 Å². The number of carboxylic acid groups (broad SMARTS) is 1. The van der Waals surface area contributed by atoms with Crippen molar-refractivity contribution >= 4 is 27.8 Å². The Labute approximate surface area is 129 Å². The minimum Gasteiger partial charge on any atom is -0.476 e. The quantitative estimate of drug-likeness (QED) is 0.878. The molecule has 1 amide bonds. The SMILES string of the molecule is CN(Cc1cccc(Br)c1)C(=O)Cn1cc(C(=O)O)nn1. The van der Waals surface area contributed by atoms with Crippen LogP contribution < -0.4 is 0 Å². The summed E-state index contributed by atoms with van der Waals surface area (Å²) in [6.45, 7) is 0.406. The minimum absolute atomic E-state index is 0.0508. The van der Waals surface area contributed by atoms with Crippen LogP contribution in [0, 0.1) is 0 Å². The summed E-state index contributed by atoms with van der Waals surface area (Å²) in [5, 5.41) is 15.8. The van der Waals surface area contributed by atoms with Gasteiger partial charge in [-0.1, -0.05) is 33.3 Å². The number of carboxylic acids is 1. The van der Waals surface area contributed by atoms with Crippen LogP contribution in [0.25, 0.3) is 0 Å². The van der Waals surface area contributed by atoms with E-state index in [4.69, 9.17) is 5.11 Å². The number of nitrogens with zero attached hydrogens (tertiary/aromatic N) is 4. The van der Waals surface area contributed by atoms with E-state index in [0.29, 0.717) is 6.54 Å². The fourth-order valence-electron chi connectivity index (χ4n) is 1.73. The molecule has 0 saturated heterocycles. The zero-order chi connectivity index (χ0) is 15.4. The summed E-state index contributed by atoms with van der Waals surface area (Å²) in [5.41, 5.74) is 0.808. The molecule has 0 atom stereocenters. The average Bonchev–Trinajstić information content (AvgIpc) is 2.87. The third-order valence-electron chi connectivity index (χ3n) is 2.79. The van der Waals surface area contributed by atoms with Crippen LogP contribution in [-0.4, -0.2) is 43.9 Å². The van der Waals surface area contributed by atoms with Gasteiger partial charge in [-0.25, -0.2) is 9.48 Å². The van der Waals surface area contributed by atoms with E-state index in [1.54, 1.807) is 11.9 Å². The van der Waals surface area contributed by atoms with Crippen LogP contribution in [0.2, 0.25) is 0 Å². The Balaban J connectivity index is 1.97. The van der Waals surface area contributed by atoms with Gasteiger partial charge < -0.3 is 10.0 Å². The van der Waals surface area contributed by atoms with E-state index in [9.17, 15) is 9.59 Å².